The van der Waals surface area contributed by atoms with Gasteiger partial charge < -0.3 is 15.5 Å². The maximum atomic E-state index is 9.57. The van der Waals surface area contributed by atoms with Crippen LogP contribution in [0.25, 0.3) is 0 Å². The molecule has 1 aromatic heterocycles. The number of hydrogen-bond donors (Lipinski definition) is 3. The average molecular weight is 287 g/mol. The molecule has 1 unspecified atom stereocenters. The standard InChI is InChI=1S/C11H15BrN2O2/c12-8-2-1-5-13-11(8)14-7-3-4-9(15)10(16)6-7/h1-2,5,7,9-10,15-16H,3-4,6H2,(H,13,14)/t7?,9-,10+/m1/s1. The van der Waals surface area contributed by atoms with Crippen LogP contribution >= 0.6 is 15.9 Å². The van der Waals surface area contributed by atoms with Gasteiger partial charge in [-0.3, -0.25) is 0 Å². The third kappa shape index (κ3) is 2.72. The molecule has 0 aromatic carbocycles. The van der Waals surface area contributed by atoms with Crippen LogP contribution in [0.5, 0.6) is 0 Å². The maximum absolute atomic E-state index is 9.57. The zero-order valence-electron chi connectivity index (χ0n) is 8.81. The quantitative estimate of drug-likeness (QED) is 0.772. The zero-order chi connectivity index (χ0) is 11.5. The maximum Gasteiger partial charge on any atom is 0.140 e. The molecule has 1 aliphatic rings. The van der Waals surface area contributed by atoms with Crippen molar-refractivity contribution < 1.29 is 10.2 Å². The number of nitrogens with one attached hydrogen (secondary N) is 1. The van der Waals surface area contributed by atoms with E-state index in [0.29, 0.717) is 12.8 Å². The largest absolute Gasteiger partial charge is 0.390 e. The third-order valence-electron chi connectivity index (χ3n) is 2.88. The fourth-order valence-corrected chi connectivity index (χ4v) is 2.32. The molecule has 3 N–H and O–H groups in total. The van der Waals surface area contributed by atoms with Crippen LogP contribution in [0.2, 0.25) is 0 Å². The van der Waals surface area contributed by atoms with E-state index in [-0.39, 0.29) is 6.04 Å². The Labute approximate surface area is 103 Å². The van der Waals surface area contributed by atoms with Crippen molar-refractivity contribution in [1.82, 2.24) is 4.98 Å². The van der Waals surface area contributed by atoms with Crippen molar-refractivity contribution >= 4 is 21.7 Å². The summed E-state index contributed by atoms with van der Waals surface area (Å²) in [5.41, 5.74) is 0. The first-order valence-corrected chi connectivity index (χ1v) is 6.19. The molecule has 5 heteroatoms. The van der Waals surface area contributed by atoms with Gasteiger partial charge in [0.05, 0.1) is 16.7 Å². The van der Waals surface area contributed by atoms with Crippen LogP contribution in [-0.4, -0.2) is 33.4 Å². The summed E-state index contributed by atoms with van der Waals surface area (Å²) >= 11 is 3.41. The Balaban J connectivity index is 1.98. The summed E-state index contributed by atoms with van der Waals surface area (Å²) in [5, 5.41) is 22.3. The minimum Gasteiger partial charge on any atom is -0.390 e. The highest BCUT2D eigenvalue weighted by Gasteiger charge is 2.27. The van der Waals surface area contributed by atoms with Gasteiger partial charge in [0.15, 0.2) is 0 Å². The molecule has 3 atom stereocenters. The van der Waals surface area contributed by atoms with E-state index in [4.69, 9.17) is 0 Å². The molecular formula is C11H15BrN2O2. The van der Waals surface area contributed by atoms with Gasteiger partial charge in [0, 0.05) is 12.2 Å². The number of aromatic nitrogens is 1. The molecule has 1 fully saturated rings. The molecule has 1 aliphatic carbocycles. The molecule has 0 amide bonds. The SMILES string of the molecule is O[C@@H]1CCC(Nc2ncccc2Br)C[C@@H]1O. The highest BCUT2D eigenvalue weighted by Crippen LogP contribution is 2.25. The summed E-state index contributed by atoms with van der Waals surface area (Å²) in [4.78, 5) is 4.21. The lowest BCUT2D eigenvalue weighted by atomic mass is 9.90. The van der Waals surface area contributed by atoms with Crippen molar-refractivity contribution in [3.63, 3.8) is 0 Å². The Bertz CT molecular complexity index is 362. The highest BCUT2D eigenvalue weighted by atomic mass is 79.9. The summed E-state index contributed by atoms with van der Waals surface area (Å²) in [6.07, 6.45) is 2.55. The minimum absolute atomic E-state index is 0.171. The first-order chi connectivity index (χ1) is 7.66. The summed E-state index contributed by atoms with van der Waals surface area (Å²) in [7, 11) is 0. The smallest absolute Gasteiger partial charge is 0.140 e. The Hall–Kier alpha value is -0.650. The van der Waals surface area contributed by atoms with Gasteiger partial charge in [-0.05, 0) is 47.3 Å². The molecule has 1 saturated carbocycles. The van der Waals surface area contributed by atoms with E-state index >= 15 is 0 Å². The normalized spacial score (nSPS) is 30.1. The molecule has 1 heterocycles. The van der Waals surface area contributed by atoms with Crippen molar-refractivity contribution in [2.75, 3.05) is 5.32 Å². The van der Waals surface area contributed by atoms with Crippen LogP contribution in [0, 0.1) is 0 Å². The second kappa shape index (κ2) is 5.12. The van der Waals surface area contributed by atoms with E-state index < -0.39 is 12.2 Å². The first-order valence-electron chi connectivity index (χ1n) is 5.40. The number of aliphatic hydroxyl groups excluding tert-OH is 2. The molecule has 0 aliphatic heterocycles. The van der Waals surface area contributed by atoms with Crippen LogP contribution in [-0.2, 0) is 0 Å². The Morgan fingerprint density at radius 1 is 1.31 bits per heavy atom. The molecule has 4 nitrogen and oxygen atoms in total. The zero-order valence-corrected chi connectivity index (χ0v) is 10.4. The Morgan fingerprint density at radius 3 is 2.81 bits per heavy atom. The van der Waals surface area contributed by atoms with Crippen LogP contribution in [0.15, 0.2) is 22.8 Å². The number of aliphatic hydroxyl groups is 2. The lowest BCUT2D eigenvalue weighted by Gasteiger charge is -2.31. The summed E-state index contributed by atoms with van der Waals surface area (Å²) < 4.78 is 0.913. The molecule has 0 bridgehead atoms. The van der Waals surface area contributed by atoms with Gasteiger partial charge in [-0.25, -0.2) is 4.98 Å². The molecule has 0 radical (unpaired) electrons. The number of halogens is 1. The molecule has 2 rings (SSSR count). The predicted octanol–water partition coefficient (Wildman–Crippen LogP) is 1.53. The number of anilines is 1. The monoisotopic (exact) mass is 286 g/mol. The fraction of sp³-hybridized carbons (Fsp3) is 0.545. The minimum atomic E-state index is -0.631. The summed E-state index contributed by atoms with van der Waals surface area (Å²) in [6.45, 7) is 0. The second-order valence-electron chi connectivity index (χ2n) is 4.12. The Morgan fingerprint density at radius 2 is 2.12 bits per heavy atom. The van der Waals surface area contributed by atoms with E-state index in [0.717, 1.165) is 16.7 Å². The number of nitrogens with zero attached hydrogens (tertiary/aromatic N) is 1. The summed E-state index contributed by atoms with van der Waals surface area (Å²) in [6, 6.07) is 3.95. The van der Waals surface area contributed by atoms with Crippen LogP contribution in [0.1, 0.15) is 19.3 Å². The molecule has 88 valence electrons. The van der Waals surface area contributed by atoms with Gasteiger partial charge in [-0.15, -0.1) is 0 Å². The van der Waals surface area contributed by atoms with Gasteiger partial charge >= 0.3 is 0 Å². The van der Waals surface area contributed by atoms with Crippen LogP contribution < -0.4 is 5.32 Å². The van der Waals surface area contributed by atoms with Gasteiger partial charge in [-0.1, -0.05) is 0 Å². The van der Waals surface area contributed by atoms with E-state index in [1.807, 2.05) is 12.1 Å². The van der Waals surface area contributed by atoms with Crippen molar-refractivity contribution in [1.29, 1.82) is 0 Å². The molecular weight excluding hydrogens is 272 g/mol. The molecule has 16 heavy (non-hydrogen) atoms. The average Bonchev–Trinajstić information content (AvgIpc) is 2.27. The topological polar surface area (TPSA) is 65.4 Å². The number of pyridine rings is 1. The van der Waals surface area contributed by atoms with Gasteiger partial charge in [0.2, 0.25) is 0 Å². The summed E-state index contributed by atoms with van der Waals surface area (Å²) in [5.74, 6) is 0.788. The predicted molar refractivity (Wildman–Crippen MR) is 65.2 cm³/mol. The van der Waals surface area contributed by atoms with Crippen molar-refractivity contribution in [2.24, 2.45) is 0 Å². The second-order valence-corrected chi connectivity index (χ2v) is 4.98. The van der Waals surface area contributed by atoms with E-state index in [1.54, 1.807) is 6.20 Å². The third-order valence-corrected chi connectivity index (χ3v) is 3.52. The Kier molecular flexibility index (Phi) is 3.78. The molecule has 0 saturated heterocycles. The van der Waals surface area contributed by atoms with E-state index in [9.17, 15) is 10.2 Å². The first kappa shape index (κ1) is 11.8. The van der Waals surface area contributed by atoms with Gasteiger partial charge in [-0.2, -0.15) is 0 Å². The number of hydrogen-bond acceptors (Lipinski definition) is 4. The van der Waals surface area contributed by atoms with E-state index in [2.05, 4.69) is 26.2 Å². The van der Waals surface area contributed by atoms with Crippen LogP contribution in [0.4, 0.5) is 5.82 Å². The molecule has 0 spiro atoms. The van der Waals surface area contributed by atoms with E-state index in [1.165, 1.54) is 0 Å². The number of rotatable bonds is 2. The highest BCUT2D eigenvalue weighted by molar-refractivity contribution is 9.10. The molecule has 1 aromatic rings. The van der Waals surface area contributed by atoms with Crippen molar-refractivity contribution in [3.05, 3.63) is 22.8 Å². The van der Waals surface area contributed by atoms with Gasteiger partial charge in [0.25, 0.3) is 0 Å². The van der Waals surface area contributed by atoms with Crippen molar-refractivity contribution in [3.8, 4) is 0 Å². The lowest BCUT2D eigenvalue weighted by Crippen LogP contribution is -2.39. The lowest BCUT2D eigenvalue weighted by molar-refractivity contribution is -0.0120. The van der Waals surface area contributed by atoms with Crippen LogP contribution in [0.3, 0.4) is 0 Å². The van der Waals surface area contributed by atoms with Crippen molar-refractivity contribution in [2.45, 2.75) is 37.5 Å². The van der Waals surface area contributed by atoms with Gasteiger partial charge in [0.1, 0.15) is 5.82 Å². The fourth-order valence-electron chi connectivity index (χ4n) is 1.95.